The molecule has 0 saturated carbocycles. The van der Waals surface area contributed by atoms with Gasteiger partial charge in [-0.1, -0.05) is 13.0 Å². The van der Waals surface area contributed by atoms with Crippen LogP contribution >= 0.6 is 0 Å². The molecule has 4 nitrogen and oxygen atoms in total. The lowest BCUT2D eigenvalue weighted by atomic mass is 10.0. The predicted molar refractivity (Wildman–Crippen MR) is 83.1 cm³/mol. The highest BCUT2D eigenvalue weighted by molar-refractivity contribution is 5.91. The molecule has 2 heterocycles. The summed E-state index contributed by atoms with van der Waals surface area (Å²) in [6, 6.07) is 9.11. The first-order valence-corrected chi connectivity index (χ1v) is 7.45. The summed E-state index contributed by atoms with van der Waals surface area (Å²) < 4.78 is 0. The minimum absolute atomic E-state index is 0.728. The Morgan fingerprint density at radius 1 is 1.25 bits per heavy atom. The molecule has 0 aliphatic carbocycles. The molecule has 4 heteroatoms. The number of rotatable bonds is 3. The van der Waals surface area contributed by atoms with Gasteiger partial charge in [-0.15, -0.1) is 0 Å². The minimum Gasteiger partial charge on any atom is -0.371 e. The Bertz CT molecular complexity index is 570. The minimum atomic E-state index is 0.728. The fourth-order valence-electron chi connectivity index (χ4n) is 3.08. The van der Waals surface area contributed by atoms with Crippen LogP contribution in [0.2, 0.25) is 0 Å². The van der Waals surface area contributed by atoms with E-state index < -0.39 is 0 Å². The Labute approximate surface area is 120 Å². The second-order valence-corrected chi connectivity index (χ2v) is 5.53. The molecule has 1 fully saturated rings. The number of anilines is 1. The average Bonchev–Trinajstić information content (AvgIpc) is 2.54. The molecule has 0 atom stereocenters. The molecular weight excluding hydrogens is 248 g/mol. The van der Waals surface area contributed by atoms with Gasteiger partial charge in [0.1, 0.15) is 0 Å². The summed E-state index contributed by atoms with van der Waals surface area (Å²) in [5.74, 6) is 0. The first-order chi connectivity index (χ1) is 9.79. The number of nitrogens with zero attached hydrogens (tertiary/aromatic N) is 4. The van der Waals surface area contributed by atoms with Crippen molar-refractivity contribution in [3.63, 3.8) is 0 Å². The van der Waals surface area contributed by atoms with Crippen LogP contribution in [0.5, 0.6) is 0 Å². The van der Waals surface area contributed by atoms with Crippen molar-refractivity contribution in [3.8, 4) is 0 Å². The zero-order chi connectivity index (χ0) is 13.9. The second kappa shape index (κ2) is 5.75. The Balaban J connectivity index is 1.80. The molecule has 0 spiro atoms. The van der Waals surface area contributed by atoms with Crippen LogP contribution < -0.4 is 4.90 Å². The maximum Gasteiger partial charge on any atom is 0.0950 e. The molecule has 1 aromatic heterocycles. The quantitative estimate of drug-likeness (QED) is 0.858. The van der Waals surface area contributed by atoms with Gasteiger partial charge in [0.2, 0.25) is 0 Å². The molecular formula is C16H22N4. The van der Waals surface area contributed by atoms with Crippen LogP contribution in [0.1, 0.15) is 19.8 Å². The Morgan fingerprint density at radius 2 is 2.05 bits per heavy atom. The van der Waals surface area contributed by atoms with Crippen LogP contribution in [0.25, 0.3) is 10.9 Å². The van der Waals surface area contributed by atoms with Crippen molar-refractivity contribution in [2.75, 3.05) is 31.6 Å². The fraction of sp³-hybridized carbons (Fsp3) is 0.500. The largest absolute Gasteiger partial charge is 0.371 e. The zero-order valence-corrected chi connectivity index (χ0v) is 12.3. The van der Waals surface area contributed by atoms with Crippen LogP contribution in [0.15, 0.2) is 30.5 Å². The van der Waals surface area contributed by atoms with E-state index in [0.717, 1.165) is 31.2 Å². The van der Waals surface area contributed by atoms with Crippen molar-refractivity contribution in [2.24, 2.45) is 0 Å². The highest BCUT2D eigenvalue weighted by Crippen LogP contribution is 2.28. The van der Waals surface area contributed by atoms with Crippen LogP contribution in [-0.2, 0) is 0 Å². The van der Waals surface area contributed by atoms with E-state index in [9.17, 15) is 0 Å². The number of hydrogen-bond acceptors (Lipinski definition) is 4. The first-order valence-electron chi connectivity index (χ1n) is 7.45. The van der Waals surface area contributed by atoms with Gasteiger partial charge in [-0.25, -0.2) is 0 Å². The Hall–Kier alpha value is -1.68. The van der Waals surface area contributed by atoms with Crippen molar-refractivity contribution >= 4 is 16.6 Å². The average molecular weight is 270 g/mol. The standard InChI is InChI=1S/C16H22N4/c1-3-19(2)13-8-11-20(12-9-13)16-6-4-5-15-14(16)7-10-17-18-15/h4-7,10,13H,3,8-9,11-12H2,1-2H3. The number of aromatic nitrogens is 2. The molecule has 2 aromatic rings. The van der Waals surface area contributed by atoms with Crippen LogP contribution in [0, 0.1) is 0 Å². The third-order valence-electron chi connectivity index (χ3n) is 4.46. The summed E-state index contributed by atoms with van der Waals surface area (Å²) in [6.45, 7) is 5.61. The summed E-state index contributed by atoms with van der Waals surface area (Å²) in [6.07, 6.45) is 4.25. The topological polar surface area (TPSA) is 32.3 Å². The summed E-state index contributed by atoms with van der Waals surface area (Å²) in [4.78, 5) is 4.95. The lowest BCUT2D eigenvalue weighted by molar-refractivity contribution is 0.218. The smallest absolute Gasteiger partial charge is 0.0950 e. The van der Waals surface area contributed by atoms with E-state index in [1.807, 2.05) is 6.07 Å². The molecule has 0 amide bonds. The molecule has 0 unspecified atom stereocenters. The van der Waals surface area contributed by atoms with Gasteiger partial charge < -0.3 is 9.80 Å². The van der Waals surface area contributed by atoms with Gasteiger partial charge in [-0.05, 0) is 44.6 Å². The van der Waals surface area contributed by atoms with Gasteiger partial charge in [0, 0.05) is 30.2 Å². The van der Waals surface area contributed by atoms with Crippen molar-refractivity contribution in [1.29, 1.82) is 0 Å². The van der Waals surface area contributed by atoms with Crippen LogP contribution in [0.4, 0.5) is 5.69 Å². The maximum absolute atomic E-state index is 4.21. The predicted octanol–water partition coefficient (Wildman–Crippen LogP) is 2.55. The van der Waals surface area contributed by atoms with Crippen molar-refractivity contribution in [1.82, 2.24) is 15.1 Å². The van der Waals surface area contributed by atoms with E-state index >= 15 is 0 Å². The summed E-state index contributed by atoms with van der Waals surface area (Å²) in [5, 5.41) is 9.39. The molecule has 1 saturated heterocycles. The third kappa shape index (κ3) is 2.48. The van der Waals surface area contributed by atoms with Crippen molar-refractivity contribution in [2.45, 2.75) is 25.8 Å². The lowest BCUT2D eigenvalue weighted by Gasteiger charge is -2.37. The fourth-order valence-corrected chi connectivity index (χ4v) is 3.08. The summed E-state index contributed by atoms with van der Waals surface area (Å²) >= 11 is 0. The first kappa shape index (κ1) is 13.3. The maximum atomic E-state index is 4.21. The van der Waals surface area contributed by atoms with E-state index in [1.165, 1.54) is 23.9 Å². The molecule has 1 aliphatic rings. The molecule has 0 radical (unpaired) electrons. The van der Waals surface area contributed by atoms with E-state index in [1.54, 1.807) is 6.20 Å². The third-order valence-corrected chi connectivity index (χ3v) is 4.46. The summed E-state index contributed by atoms with van der Waals surface area (Å²) in [7, 11) is 2.23. The van der Waals surface area contributed by atoms with E-state index in [0.29, 0.717) is 0 Å². The summed E-state index contributed by atoms with van der Waals surface area (Å²) in [5.41, 5.74) is 2.29. The van der Waals surface area contributed by atoms with Crippen molar-refractivity contribution in [3.05, 3.63) is 30.5 Å². The second-order valence-electron chi connectivity index (χ2n) is 5.53. The lowest BCUT2D eigenvalue weighted by Crippen LogP contribution is -2.43. The number of piperidine rings is 1. The Kier molecular flexibility index (Phi) is 3.83. The van der Waals surface area contributed by atoms with Gasteiger partial charge in [0.25, 0.3) is 0 Å². The van der Waals surface area contributed by atoms with Gasteiger partial charge in [0.15, 0.2) is 0 Å². The number of fused-ring (bicyclic) bond motifs is 1. The Morgan fingerprint density at radius 3 is 2.80 bits per heavy atom. The number of benzene rings is 1. The highest BCUT2D eigenvalue weighted by Gasteiger charge is 2.22. The van der Waals surface area contributed by atoms with E-state index in [2.05, 4.69) is 52.2 Å². The van der Waals surface area contributed by atoms with Crippen LogP contribution in [0.3, 0.4) is 0 Å². The van der Waals surface area contributed by atoms with Gasteiger partial charge in [0.05, 0.1) is 11.7 Å². The molecule has 0 bridgehead atoms. The molecule has 1 aliphatic heterocycles. The van der Waals surface area contributed by atoms with E-state index in [-0.39, 0.29) is 0 Å². The monoisotopic (exact) mass is 270 g/mol. The SMILES string of the molecule is CCN(C)C1CCN(c2cccc3nnccc23)CC1. The van der Waals surface area contributed by atoms with Gasteiger partial charge >= 0.3 is 0 Å². The normalized spacial score (nSPS) is 17.1. The molecule has 20 heavy (non-hydrogen) atoms. The molecule has 106 valence electrons. The molecule has 0 N–H and O–H groups in total. The van der Waals surface area contributed by atoms with Gasteiger partial charge in [-0.2, -0.15) is 10.2 Å². The van der Waals surface area contributed by atoms with E-state index in [4.69, 9.17) is 0 Å². The van der Waals surface area contributed by atoms with Crippen molar-refractivity contribution < 1.29 is 0 Å². The molecule has 3 rings (SSSR count). The van der Waals surface area contributed by atoms with Gasteiger partial charge in [-0.3, -0.25) is 0 Å². The van der Waals surface area contributed by atoms with Crippen LogP contribution in [-0.4, -0.2) is 47.8 Å². The number of hydrogen-bond donors (Lipinski definition) is 0. The zero-order valence-electron chi connectivity index (χ0n) is 12.3. The molecule has 1 aromatic carbocycles. The highest BCUT2D eigenvalue weighted by atomic mass is 15.2.